The Bertz CT molecular complexity index is 388. The molecule has 1 aromatic rings. The lowest BCUT2D eigenvalue weighted by molar-refractivity contribution is -0.120. The second-order valence-electron chi connectivity index (χ2n) is 4.51. The van der Waals surface area contributed by atoms with E-state index in [1.165, 1.54) is 5.56 Å². The van der Waals surface area contributed by atoms with E-state index in [0.717, 1.165) is 10.2 Å². The number of amides is 1. The predicted octanol–water partition coefficient (Wildman–Crippen LogP) is 3.99. The molecule has 0 aliphatic rings. The number of carbonyl (C=O) groups is 1. The second kappa shape index (κ2) is 5.48. The third kappa shape index (κ3) is 3.34. The highest BCUT2D eigenvalue weighted by Crippen LogP contribution is 2.24. The molecule has 0 fully saturated rings. The number of anilines is 1. The summed E-state index contributed by atoms with van der Waals surface area (Å²) >= 11 is 3.45. The van der Waals surface area contributed by atoms with Crippen molar-refractivity contribution >= 4 is 27.5 Å². The first kappa shape index (κ1) is 13.2. The molecule has 0 heterocycles. The van der Waals surface area contributed by atoms with Crippen LogP contribution in [0.2, 0.25) is 0 Å². The van der Waals surface area contributed by atoms with Crippen molar-refractivity contribution in [1.29, 1.82) is 0 Å². The number of aryl methyl sites for hydroxylation is 1. The summed E-state index contributed by atoms with van der Waals surface area (Å²) in [5.74, 6) is 0.442. The van der Waals surface area contributed by atoms with Crippen LogP contribution in [0.15, 0.2) is 22.7 Å². The molecule has 0 bridgehead atoms. The number of hydrogen-bond donors (Lipinski definition) is 1. The number of rotatable bonds is 3. The van der Waals surface area contributed by atoms with Crippen molar-refractivity contribution in [3.8, 4) is 0 Å². The van der Waals surface area contributed by atoms with Gasteiger partial charge in [-0.1, -0.05) is 26.8 Å². The fourth-order valence-electron chi connectivity index (χ4n) is 1.27. The molecule has 0 saturated carbocycles. The fourth-order valence-corrected chi connectivity index (χ4v) is 1.86. The Morgan fingerprint density at radius 2 is 1.94 bits per heavy atom. The van der Waals surface area contributed by atoms with Crippen LogP contribution in [0, 0.1) is 18.8 Å². The molecule has 0 aromatic heterocycles. The van der Waals surface area contributed by atoms with E-state index in [0.29, 0.717) is 5.92 Å². The summed E-state index contributed by atoms with van der Waals surface area (Å²) in [4.78, 5) is 11.9. The van der Waals surface area contributed by atoms with Crippen LogP contribution in [0.4, 0.5) is 5.69 Å². The minimum Gasteiger partial charge on any atom is -0.325 e. The van der Waals surface area contributed by atoms with Crippen molar-refractivity contribution in [2.75, 3.05) is 5.32 Å². The van der Waals surface area contributed by atoms with Crippen LogP contribution in [-0.2, 0) is 4.79 Å². The summed E-state index contributed by atoms with van der Waals surface area (Å²) in [6.45, 7) is 8.07. The molecule has 1 aromatic carbocycles. The van der Waals surface area contributed by atoms with Gasteiger partial charge in [0.15, 0.2) is 0 Å². The number of carbonyl (C=O) groups excluding carboxylic acids is 1. The molecule has 0 aliphatic heterocycles. The van der Waals surface area contributed by atoms with Gasteiger partial charge in [0.1, 0.15) is 0 Å². The zero-order valence-electron chi connectivity index (χ0n) is 10.2. The quantitative estimate of drug-likeness (QED) is 0.893. The highest BCUT2D eigenvalue weighted by atomic mass is 79.9. The standard InChI is InChI=1S/C13H18BrNO/c1-8(2)10(4)13(16)15-12-6-5-9(3)7-11(12)14/h5-8,10H,1-4H3,(H,15,16). The molecule has 1 unspecified atom stereocenters. The van der Waals surface area contributed by atoms with E-state index in [4.69, 9.17) is 0 Å². The van der Waals surface area contributed by atoms with Gasteiger partial charge in [-0.2, -0.15) is 0 Å². The lowest BCUT2D eigenvalue weighted by Crippen LogP contribution is -2.24. The highest BCUT2D eigenvalue weighted by molar-refractivity contribution is 9.10. The summed E-state index contributed by atoms with van der Waals surface area (Å²) < 4.78 is 0.928. The van der Waals surface area contributed by atoms with Crippen molar-refractivity contribution in [3.63, 3.8) is 0 Å². The molecule has 0 saturated heterocycles. The van der Waals surface area contributed by atoms with Gasteiger partial charge in [-0.05, 0) is 46.5 Å². The van der Waals surface area contributed by atoms with Gasteiger partial charge in [-0.3, -0.25) is 4.79 Å². The first-order valence-corrected chi connectivity index (χ1v) is 6.28. The van der Waals surface area contributed by atoms with Crippen molar-refractivity contribution in [3.05, 3.63) is 28.2 Å². The smallest absolute Gasteiger partial charge is 0.227 e. The third-order valence-electron chi connectivity index (χ3n) is 2.80. The fraction of sp³-hybridized carbons (Fsp3) is 0.462. The van der Waals surface area contributed by atoms with Gasteiger partial charge in [0.05, 0.1) is 5.69 Å². The molecule has 1 rings (SSSR count). The van der Waals surface area contributed by atoms with Gasteiger partial charge < -0.3 is 5.32 Å². The van der Waals surface area contributed by atoms with E-state index in [-0.39, 0.29) is 11.8 Å². The molecular formula is C13H18BrNO. The molecule has 3 heteroatoms. The van der Waals surface area contributed by atoms with Gasteiger partial charge in [-0.15, -0.1) is 0 Å². The zero-order valence-corrected chi connectivity index (χ0v) is 11.8. The minimum atomic E-state index is 0.0215. The maximum Gasteiger partial charge on any atom is 0.227 e. The van der Waals surface area contributed by atoms with Crippen LogP contribution in [0.1, 0.15) is 26.3 Å². The van der Waals surface area contributed by atoms with Crippen molar-refractivity contribution < 1.29 is 4.79 Å². The lowest BCUT2D eigenvalue weighted by atomic mass is 9.97. The zero-order chi connectivity index (χ0) is 12.3. The molecule has 0 spiro atoms. The van der Waals surface area contributed by atoms with Crippen LogP contribution in [0.3, 0.4) is 0 Å². The van der Waals surface area contributed by atoms with Gasteiger partial charge in [-0.25, -0.2) is 0 Å². The van der Waals surface area contributed by atoms with Crippen LogP contribution in [0.25, 0.3) is 0 Å². The summed E-state index contributed by atoms with van der Waals surface area (Å²) in [7, 11) is 0. The molecule has 0 radical (unpaired) electrons. The monoisotopic (exact) mass is 283 g/mol. The molecule has 1 atom stereocenters. The molecule has 1 N–H and O–H groups in total. The molecule has 88 valence electrons. The van der Waals surface area contributed by atoms with Gasteiger partial charge in [0.2, 0.25) is 5.91 Å². The summed E-state index contributed by atoms with van der Waals surface area (Å²) in [5, 5.41) is 2.93. The average molecular weight is 284 g/mol. The molecule has 0 aliphatic carbocycles. The largest absolute Gasteiger partial charge is 0.325 e. The van der Waals surface area contributed by atoms with Crippen molar-refractivity contribution in [2.24, 2.45) is 11.8 Å². The average Bonchev–Trinajstić information content (AvgIpc) is 2.20. The first-order valence-electron chi connectivity index (χ1n) is 5.49. The lowest BCUT2D eigenvalue weighted by Gasteiger charge is -2.16. The SMILES string of the molecule is Cc1ccc(NC(=O)C(C)C(C)C)c(Br)c1. The van der Waals surface area contributed by atoms with Crippen LogP contribution in [0.5, 0.6) is 0 Å². The second-order valence-corrected chi connectivity index (χ2v) is 5.36. The third-order valence-corrected chi connectivity index (χ3v) is 3.45. The maximum absolute atomic E-state index is 11.9. The number of benzene rings is 1. The molecule has 1 amide bonds. The van der Waals surface area contributed by atoms with Gasteiger partial charge in [0.25, 0.3) is 0 Å². The number of halogens is 1. The Labute approximate surface area is 106 Å². The van der Waals surface area contributed by atoms with Gasteiger partial charge >= 0.3 is 0 Å². The maximum atomic E-state index is 11.9. The van der Waals surface area contributed by atoms with E-state index in [1.807, 2.05) is 32.0 Å². The van der Waals surface area contributed by atoms with E-state index in [9.17, 15) is 4.79 Å². The number of hydrogen-bond acceptors (Lipinski definition) is 1. The minimum absolute atomic E-state index is 0.0215. The van der Waals surface area contributed by atoms with Crippen LogP contribution in [-0.4, -0.2) is 5.91 Å². The van der Waals surface area contributed by atoms with E-state index in [1.54, 1.807) is 0 Å². The molecular weight excluding hydrogens is 266 g/mol. The highest BCUT2D eigenvalue weighted by Gasteiger charge is 2.17. The Balaban J connectivity index is 2.77. The Hall–Kier alpha value is -0.830. The van der Waals surface area contributed by atoms with Crippen LogP contribution >= 0.6 is 15.9 Å². The molecule has 2 nitrogen and oxygen atoms in total. The predicted molar refractivity (Wildman–Crippen MR) is 71.5 cm³/mol. The summed E-state index contributed by atoms with van der Waals surface area (Å²) in [6, 6.07) is 5.90. The van der Waals surface area contributed by atoms with E-state index < -0.39 is 0 Å². The summed E-state index contributed by atoms with van der Waals surface area (Å²) in [6.07, 6.45) is 0. The van der Waals surface area contributed by atoms with Crippen molar-refractivity contribution in [1.82, 2.24) is 0 Å². The number of nitrogens with one attached hydrogen (secondary N) is 1. The Kier molecular flexibility index (Phi) is 4.54. The van der Waals surface area contributed by atoms with Gasteiger partial charge in [0, 0.05) is 10.4 Å². The summed E-state index contributed by atoms with van der Waals surface area (Å²) in [5.41, 5.74) is 2.00. The van der Waals surface area contributed by atoms with E-state index >= 15 is 0 Å². The first-order chi connectivity index (χ1) is 7.41. The topological polar surface area (TPSA) is 29.1 Å². The van der Waals surface area contributed by atoms with Crippen LogP contribution < -0.4 is 5.32 Å². The Morgan fingerprint density at radius 1 is 1.31 bits per heavy atom. The van der Waals surface area contributed by atoms with E-state index in [2.05, 4.69) is 35.1 Å². The Morgan fingerprint density at radius 3 is 2.44 bits per heavy atom. The normalized spacial score (nSPS) is 12.6. The van der Waals surface area contributed by atoms with Crippen molar-refractivity contribution in [2.45, 2.75) is 27.7 Å². The molecule has 16 heavy (non-hydrogen) atoms.